The summed E-state index contributed by atoms with van der Waals surface area (Å²) in [5, 5.41) is 4.27. The van der Waals surface area contributed by atoms with Crippen LogP contribution >= 0.6 is 0 Å². The van der Waals surface area contributed by atoms with E-state index in [1.54, 1.807) is 0 Å². The lowest BCUT2D eigenvalue weighted by Crippen LogP contribution is -2.52. The van der Waals surface area contributed by atoms with Crippen molar-refractivity contribution in [3.63, 3.8) is 0 Å². The lowest BCUT2D eigenvalue weighted by molar-refractivity contribution is -0.215. The van der Waals surface area contributed by atoms with Gasteiger partial charge >= 0.3 is 6.16 Å². The van der Waals surface area contributed by atoms with Gasteiger partial charge in [0.15, 0.2) is 0 Å². The topological polar surface area (TPSA) is 57.2 Å². The van der Waals surface area contributed by atoms with Crippen molar-refractivity contribution in [3.8, 4) is 0 Å². The van der Waals surface area contributed by atoms with Crippen LogP contribution in [0.25, 0.3) is 10.8 Å². The number of ether oxygens (including phenoxy) is 3. The van der Waals surface area contributed by atoms with E-state index in [4.69, 9.17) is 19.0 Å². The van der Waals surface area contributed by atoms with Gasteiger partial charge in [0.05, 0.1) is 32.0 Å². The number of rotatable bonds is 9. The standard InChI is InChI=1S/C37H41NO5/c1-37(2,3)42-36(39)43-38-32-19-20-34(38)35(41-25-28-15-16-29-11-7-8-12-31(29)21-28)33(22-32)30-17-13-27(14-18-30)24-40-23-26-9-5-4-6-10-26/h4-18,21,32-35H,19-20,22-25H2,1-3H3. The Bertz CT molecular complexity index is 1510. The van der Waals surface area contributed by atoms with Gasteiger partial charge in [-0.15, -0.1) is 5.06 Å². The zero-order chi connectivity index (χ0) is 29.8. The normalized spacial score (nSPS) is 22.0. The molecule has 0 aromatic heterocycles. The van der Waals surface area contributed by atoms with Crippen molar-refractivity contribution in [1.29, 1.82) is 0 Å². The molecule has 4 aromatic carbocycles. The molecule has 4 unspecified atom stereocenters. The minimum absolute atomic E-state index is 0.0504. The summed E-state index contributed by atoms with van der Waals surface area (Å²) < 4.78 is 18.2. The fraction of sp³-hybridized carbons (Fsp3) is 0.378. The highest BCUT2D eigenvalue weighted by Gasteiger charge is 2.51. The summed E-state index contributed by atoms with van der Waals surface area (Å²) in [6.07, 6.45) is 1.89. The average molecular weight is 580 g/mol. The molecule has 2 fully saturated rings. The van der Waals surface area contributed by atoms with Crippen molar-refractivity contribution < 1.29 is 23.8 Å². The van der Waals surface area contributed by atoms with Crippen LogP contribution in [-0.4, -0.2) is 35.0 Å². The van der Waals surface area contributed by atoms with Crippen LogP contribution in [0.2, 0.25) is 0 Å². The van der Waals surface area contributed by atoms with Gasteiger partial charge in [-0.25, -0.2) is 4.79 Å². The third-order valence-electron chi connectivity index (χ3n) is 8.40. The first-order valence-corrected chi connectivity index (χ1v) is 15.3. The average Bonchev–Trinajstić information content (AvgIpc) is 3.26. The van der Waals surface area contributed by atoms with Crippen LogP contribution in [0.4, 0.5) is 4.79 Å². The number of benzene rings is 4. The second-order valence-corrected chi connectivity index (χ2v) is 12.7. The van der Waals surface area contributed by atoms with Gasteiger partial charge < -0.3 is 19.0 Å². The molecule has 2 aliphatic rings. The minimum atomic E-state index is -0.656. The molecule has 0 saturated carbocycles. The molecule has 6 heteroatoms. The monoisotopic (exact) mass is 579 g/mol. The zero-order valence-corrected chi connectivity index (χ0v) is 25.3. The third kappa shape index (κ3) is 7.27. The maximum atomic E-state index is 12.7. The Morgan fingerprint density at radius 2 is 1.44 bits per heavy atom. The number of fused-ring (bicyclic) bond motifs is 3. The van der Waals surface area contributed by atoms with Crippen LogP contribution in [0.5, 0.6) is 0 Å². The molecule has 2 heterocycles. The summed E-state index contributed by atoms with van der Waals surface area (Å²) in [4.78, 5) is 18.5. The molecular formula is C37H41NO5. The lowest BCUT2D eigenvalue weighted by atomic mass is 9.83. The zero-order valence-electron chi connectivity index (χ0n) is 25.3. The molecule has 2 saturated heterocycles. The number of carbonyl (C=O) groups is 1. The highest BCUT2D eigenvalue weighted by Crippen LogP contribution is 2.45. The van der Waals surface area contributed by atoms with Gasteiger partial charge in [0.1, 0.15) is 5.60 Å². The van der Waals surface area contributed by atoms with E-state index in [9.17, 15) is 4.79 Å². The molecule has 6 nitrogen and oxygen atoms in total. The summed E-state index contributed by atoms with van der Waals surface area (Å²) >= 11 is 0. The van der Waals surface area contributed by atoms with E-state index < -0.39 is 11.8 Å². The predicted molar refractivity (Wildman–Crippen MR) is 167 cm³/mol. The number of nitrogens with zero attached hydrogens (tertiary/aromatic N) is 1. The number of hydrogen-bond donors (Lipinski definition) is 0. The molecule has 0 N–H and O–H groups in total. The second kappa shape index (κ2) is 12.9. The van der Waals surface area contributed by atoms with E-state index in [0.717, 1.165) is 30.4 Å². The Morgan fingerprint density at radius 1 is 0.767 bits per heavy atom. The SMILES string of the molecule is CC(C)(C)OC(=O)ON1C2CCC1C(OCc1ccc3ccccc3c1)C(c1ccc(COCc3ccccc3)cc1)C2. The van der Waals surface area contributed by atoms with Crippen molar-refractivity contribution in [1.82, 2.24) is 5.06 Å². The number of hydrogen-bond acceptors (Lipinski definition) is 6. The van der Waals surface area contributed by atoms with E-state index in [1.807, 2.05) is 44.0 Å². The van der Waals surface area contributed by atoms with Crippen LogP contribution in [0.1, 0.15) is 68.2 Å². The van der Waals surface area contributed by atoms with Gasteiger partial charge in [0, 0.05) is 12.0 Å². The molecule has 43 heavy (non-hydrogen) atoms. The molecule has 2 aliphatic heterocycles. The second-order valence-electron chi connectivity index (χ2n) is 12.7. The van der Waals surface area contributed by atoms with Gasteiger partial charge in [-0.2, -0.15) is 0 Å². The van der Waals surface area contributed by atoms with Crippen LogP contribution in [0.3, 0.4) is 0 Å². The Kier molecular flexibility index (Phi) is 8.80. The number of piperidine rings is 1. The van der Waals surface area contributed by atoms with Crippen LogP contribution in [0.15, 0.2) is 97.1 Å². The predicted octanol–water partition coefficient (Wildman–Crippen LogP) is 8.33. The molecule has 0 spiro atoms. The molecule has 2 bridgehead atoms. The summed E-state index contributed by atoms with van der Waals surface area (Å²) in [5.41, 5.74) is 4.06. The molecule has 224 valence electrons. The van der Waals surface area contributed by atoms with Gasteiger partial charge in [-0.1, -0.05) is 91.0 Å². The molecule has 6 rings (SSSR count). The Labute approximate surface area is 254 Å². The van der Waals surface area contributed by atoms with Gasteiger partial charge in [0.25, 0.3) is 0 Å². The van der Waals surface area contributed by atoms with Crippen molar-refractivity contribution >= 4 is 16.9 Å². The van der Waals surface area contributed by atoms with Crippen molar-refractivity contribution in [2.75, 3.05) is 0 Å². The molecule has 0 radical (unpaired) electrons. The van der Waals surface area contributed by atoms with Crippen LogP contribution in [0, 0.1) is 0 Å². The van der Waals surface area contributed by atoms with Crippen molar-refractivity contribution in [2.45, 2.75) is 89.6 Å². The van der Waals surface area contributed by atoms with Gasteiger partial charge in [-0.3, -0.25) is 0 Å². The smallest absolute Gasteiger partial charge is 0.427 e. The van der Waals surface area contributed by atoms with Gasteiger partial charge in [0.2, 0.25) is 0 Å². The van der Waals surface area contributed by atoms with E-state index in [0.29, 0.717) is 19.8 Å². The molecule has 4 atom stereocenters. The largest absolute Gasteiger partial charge is 0.528 e. The Morgan fingerprint density at radius 3 is 2.19 bits per heavy atom. The Balaban J connectivity index is 1.18. The number of hydroxylamine groups is 2. The fourth-order valence-corrected chi connectivity index (χ4v) is 6.41. The highest BCUT2D eigenvalue weighted by atomic mass is 16.8. The van der Waals surface area contributed by atoms with Gasteiger partial charge in [-0.05, 0) is 79.1 Å². The van der Waals surface area contributed by atoms with E-state index >= 15 is 0 Å². The minimum Gasteiger partial charge on any atom is -0.427 e. The maximum absolute atomic E-state index is 12.7. The van der Waals surface area contributed by atoms with Crippen LogP contribution < -0.4 is 0 Å². The lowest BCUT2D eigenvalue weighted by Gasteiger charge is -2.43. The summed E-state index contributed by atoms with van der Waals surface area (Å²) in [6, 6.07) is 33.9. The first-order chi connectivity index (χ1) is 20.8. The van der Waals surface area contributed by atoms with Crippen molar-refractivity contribution in [2.24, 2.45) is 0 Å². The first-order valence-electron chi connectivity index (χ1n) is 15.3. The van der Waals surface area contributed by atoms with E-state index in [-0.39, 0.29) is 24.1 Å². The van der Waals surface area contributed by atoms with Crippen LogP contribution in [-0.2, 0) is 38.9 Å². The molecular weight excluding hydrogens is 538 g/mol. The fourth-order valence-electron chi connectivity index (χ4n) is 6.41. The van der Waals surface area contributed by atoms with E-state index in [1.165, 1.54) is 21.9 Å². The summed E-state index contributed by atoms with van der Waals surface area (Å²) in [7, 11) is 0. The van der Waals surface area contributed by atoms with E-state index in [2.05, 4.69) is 78.9 Å². The Hall–Kier alpha value is -3.71. The summed E-state index contributed by atoms with van der Waals surface area (Å²) in [5.74, 6) is 0.177. The highest BCUT2D eigenvalue weighted by molar-refractivity contribution is 5.82. The molecule has 0 amide bonds. The summed E-state index contributed by atoms with van der Waals surface area (Å²) in [6.45, 7) is 7.18. The quantitative estimate of drug-likeness (QED) is 0.186. The number of carbonyl (C=O) groups excluding carboxylic acids is 1. The first kappa shape index (κ1) is 29.4. The maximum Gasteiger partial charge on any atom is 0.528 e. The third-order valence-corrected chi connectivity index (χ3v) is 8.40. The van der Waals surface area contributed by atoms with Crippen molar-refractivity contribution in [3.05, 3.63) is 119 Å². The molecule has 0 aliphatic carbocycles. The molecule has 4 aromatic rings.